The molecule has 0 saturated carbocycles. The first-order chi connectivity index (χ1) is 15.4. The summed E-state index contributed by atoms with van der Waals surface area (Å²) in [5.41, 5.74) is 1.71. The lowest BCUT2D eigenvalue weighted by molar-refractivity contribution is -0.124. The van der Waals surface area contributed by atoms with E-state index >= 15 is 0 Å². The van der Waals surface area contributed by atoms with E-state index in [1.54, 1.807) is 18.2 Å². The van der Waals surface area contributed by atoms with E-state index in [1.807, 2.05) is 12.1 Å². The van der Waals surface area contributed by atoms with Crippen molar-refractivity contribution in [2.45, 2.75) is 57.3 Å². The number of nitrogens with one attached hydrogen (secondary N) is 2. The zero-order chi connectivity index (χ0) is 22.7. The number of anilines is 1. The molecule has 2 saturated heterocycles. The predicted octanol–water partition coefficient (Wildman–Crippen LogP) is 4.64. The van der Waals surface area contributed by atoms with Gasteiger partial charge in [0, 0.05) is 41.6 Å². The van der Waals surface area contributed by atoms with Crippen LogP contribution in [0.2, 0.25) is 10.0 Å². The molecular weight excluding hydrogens is 449 g/mol. The third kappa shape index (κ3) is 5.74. The number of rotatable bonds is 7. The molecule has 2 aromatic carbocycles. The Hall–Kier alpha value is -2.28. The van der Waals surface area contributed by atoms with Gasteiger partial charge in [-0.1, -0.05) is 35.3 Å². The Labute approximate surface area is 198 Å². The Kier molecular flexibility index (Phi) is 7.23. The molecule has 4 rings (SSSR count). The lowest BCUT2D eigenvalue weighted by Crippen LogP contribution is -2.50. The Bertz CT molecular complexity index is 969. The van der Waals surface area contributed by atoms with Crippen LogP contribution in [0, 0.1) is 0 Å². The SMILES string of the molecule is CC(=O)Nc1cc(Cl)ccc1OCC(=O)NC1C[C@H]2CC[C@@H](C1)N2Cc1ccc(Cl)cc1. The number of halogens is 2. The van der Waals surface area contributed by atoms with Crippen molar-refractivity contribution in [3.05, 3.63) is 58.1 Å². The van der Waals surface area contributed by atoms with Gasteiger partial charge in [0.2, 0.25) is 5.91 Å². The molecule has 0 radical (unpaired) electrons. The van der Waals surface area contributed by atoms with Crippen molar-refractivity contribution in [2.75, 3.05) is 11.9 Å². The van der Waals surface area contributed by atoms with Crippen LogP contribution in [0.1, 0.15) is 38.2 Å². The van der Waals surface area contributed by atoms with Crippen molar-refractivity contribution in [2.24, 2.45) is 0 Å². The van der Waals surface area contributed by atoms with Gasteiger partial charge in [0.25, 0.3) is 5.91 Å². The topological polar surface area (TPSA) is 70.7 Å². The van der Waals surface area contributed by atoms with Crippen molar-refractivity contribution in [1.29, 1.82) is 0 Å². The van der Waals surface area contributed by atoms with Crippen molar-refractivity contribution in [1.82, 2.24) is 10.2 Å². The van der Waals surface area contributed by atoms with E-state index in [0.29, 0.717) is 28.5 Å². The van der Waals surface area contributed by atoms with Crippen LogP contribution in [0.15, 0.2) is 42.5 Å². The molecule has 2 bridgehead atoms. The molecule has 2 amide bonds. The Morgan fingerprint density at radius 3 is 2.34 bits per heavy atom. The van der Waals surface area contributed by atoms with E-state index in [4.69, 9.17) is 27.9 Å². The minimum absolute atomic E-state index is 0.117. The zero-order valence-corrected chi connectivity index (χ0v) is 19.5. The lowest BCUT2D eigenvalue weighted by atomic mass is 9.96. The molecule has 1 unspecified atom stereocenters. The first kappa shape index (κ1) is 22.9. The monoisotopic (exact) mass is 475 g/mol. The second-order valence-electron chi connectivity index (χ2n) is 8.53. The molecule has 3 atom stereocenters. The van der Waals surface area contributed by atoms with Gasteiger partial charge in [-0.15, -0.1) is 0 Å². The molecule has 2 fully saturated rings. The van der Waals surface area contributed by atoms with Gasteiger partial charge >= 0.3 is 0 Å². The van der Waals surface area contributed by atoms with Crippen molar-refractivity contribution >= 4 is 40.7 Å². The molecule has 32 heavy (non-hydrogen) atoms. The first-order valence-corrected chi connectivity index (χ1v) is 11.6. The number of nitrogens with zero attached hydrogens (tertiary/aromatic N) is 1. The molecule has 0 aliphatic carbocycles. The number of fused-ring (bicyclic) bond motifs is 2. The van der Waals surface area contributed by atoms with Gasteiger partial charge in [0.1, 0.15) is 5.75 Å². The number of benzene rings is 2. The largest absolute Gasteiger partial charge is 0.482 e. The maximum atomic E-state index is 12.5. The third-order valence-corrected chi connectivity index (χ3v) is 6.63. The fourth-order valence-electron chi connectivity index (χ4n) is 4.78. The number of carbonyl (C=O) groups is 2. The second-order valence-corrected chi connectivity index (χ2v) is 9.40. The highest BCUT2D eigenvalue weighted by Crippen LogP contribution is 2.37. The van der Waals surface area contributed by atoms with Crippen LogP contribution in [0.5, 0.6) is 5.75 Å². The van der Waals surface area contributed by atoms with E-state index in [9.17, 15) is 9.59 Å². The molecule has 2 aliphatic heterocycles. The standard InChI is InChI=1S/C24H27Cl2N3O3/c1-15(30)27-22-10-18(26)6-9-23(22)32-14-24(31)28-19-11-20-7-8-21(12-19)29(20)13-16-2-4-17(25)5-3-16/h2-6,9-10,19-21H,7-8,11-14H2,1H3,(H,27,30)(H,28,31)/t19?,20-,21+. The minimum Gasteiger partial charge on any atom is -0.482 e. The number of hydrogen-bond acceptors (Lipinski definition) is 4. The highest BCUT2D eigenvalue weighted by molar-refractivity contribution is 6.31. The van der Waals surface area contributed by atoms with Crippen LogP contribution in [-0.2, 0) is 16.1 Å². The molecule has 8 heteroatoms. The first-order valence-electron chi connectivity index (χ1n) is 10.9. The summed E-state index contributed by atoms with van der Waals surface area (Å²) < 4.78 is 5.67. The fourth-order valence-corrected chi connectivity index (χ4v) is 5.08. The second kappa shape index (κ2) is 10.1. The van der Waals surface area contributed by atoms with Crippen LogP contribution in [0.4, 0.5) is 5.69 Å². The summed E-state index contributed by atoms with van der Waals surface area (Å²) >= 11 is 12.0. The molecule has 2 heterocycles. The highest BCUT2D eigenvalue weighted by Gasteiger charge is 2.40. The van der Waals surface area contributed by atoms with E-state index in [2.05, 4.69) is 27.7 Å². The van der Waals surface area contributed by atoms with E-state index in [-0.39, 0.29) is 24.5 Å². The van der Waals surface area contributed by atoms with Gasteiger partial charge in [-0.2, -0.15) is 0 Å². The number of piperidine rings is 1. The molecule has 170 valence electrons. The molecule has 2 aliphatic rings. The van der Waals surface area contributed by atoms with Crippen LogP contribution < -0.4 is 15.4 Å². The van der Waals surface area contributed by atoms with Gasteiger partial charge in [-0.25, -0.2) is 0 Å². The number of amides is 2. The summed E-state index contributed by atoms with van der Waals surface area (Å²) in [6.45, 7) is 2.21. The summed E-state index contributed by atoms with van der Waals surface area (Å²) in [5, 5.41) is 7.04. The Balaban J connectivity index is 1.29. The molecule has 0 aromatic heterocycles. The van der Waals surface area contributed by atoms with Gasteiger partial charge < -0.3 is 15.4 Å². The smallest absolute Gasteiger partial charge is 0.258 e. The fraction of sp³-hybridized carbons (Fsp3) is 0.417. The molecular formula is C24H27Cl2N3O3. The van der Waals surface area contributed by atoms with Crippen LogP contribution in [0.25, 0.3) is 0 Å². The van der Waals surface area contributed by atoms with Crippen molar-refractivity contribution < 1.29 is 14.3 Å². The quantitative estimate of drug-likeness (QED) is 0.611. The average molecular weight is 476 g/mol. The third-order valence-electron chi connectivity index (χ3n) is 6.14. The summed E-state index contributed by atoms with van der Waals surface area (Å²) in [7, 11) is 0. The van der Waals surface area contributed by atoms with E-state index in [1.165, 1.54) is 12.5 Å². The van der Waals surface area contributed by atoms with Crippen LogP contribution >= 0.6 is 23.2 Å². The molecule has 2 N–H and O–H groups in total. The Morgan fingerprint density at radius 2 is 1.69 bits per heavy atom. The van der Waals surface area contributed by atoms with Crippen molar-refractivity contribution in [3.63, 3.8) is 0 Å². The lowest BCUT2D eigenvalue weighted by Gasteiger charge is -2.39. The van der Waals surface area contributed by atoms with Gasteiger partial charge in [0.05, 0.1) is 5.69 Å². The van der Waals surface area contributed by atoms with Gasteiger partial charge in [0.15, 0.2) is 6.61 Å². The average Bonchev–Trinajstić information content (AvgIpc) is 2.96. The number of hydrogen-bond donors (Lipinski definition) is 2. The zero-order valence-electron chi connectivity index (χ0n) is 17.9. The van der Waals surface area contributed by atoms with E-state index < -0.39 is 0 Å². The van der Waals surface area contributed by atoms with Gasteiger partial charge in [-0.3, -0.25) is 14.5 Å². The molecule has 0 spiro atoms. The molecule has 2 aromatic rings. The maximum absolute atomic E-state index is 12.5. The minimum atomic E-state index is -0.234. The van der Waals surface area contributed by atoms with Gasteiger partial charge in [-0.05, 0) is 61.6 Å². The predicted molar refractivity (Wildman–Crippen MR) is 126 cm³/mol. The summed E-state index contributed by atoms with van der Waals surface area (Å²) in [5.74, 6) is 0.0179. The summed E-state index contributed by atoms with van der Waals surface area (Å²) in [4.78, 5) is 26.5. The summed E-state index contributed by atoms with van der Waals surface area (Å²) in [6, 6.07) is 14.0. The number of ether oxygens (including phenoxy) is 1. The maximum Gasteiger partial charge on any atom is 0.258 e. The normalized spacial score (nSPS) is 22.4. The van der Waals surface area contributed by atoms with Crippen LogP contribution in [-0.4, -0.2) is 41.4 Å². The number of carbonyl (C=O) groups excluding carboxylic acids is 2. The highest BCUT2D eigenvalue weighted by atomic mass is 35.5. The summed E-state index contributed by atoms with van der Waals surface area (Å²) in [6.07, 6.45) is 4.19. The van der Waals surface area contributed by atoms with E-state index in [0.717, 1.165) is 37.3 Å². The van der Waals surface area contributed by atoms with Crippen LogP contribution in [0.3, 0.4) is 0 Å². The van der Waals surface area contributed by atoms with Crippen molar-refractivity contribution in [3.8, 4) is 5.75 Å². The molecule has 6 nitrogen and oxygen atoms in total. The Morgan fingerprint density at radius 1 is 1.03 bits per heavy atom.